The number of carbonyl (C=O) groups excluding carboxylic acids is 1. The molecule has 2 aromatic heterocycles. The second-order valence-corrected chi connectivity index (χ2v) is 9.57. The van der Waals surface area contributed by atoms with Gasteiger partial charge >= 0.3 is 0 Å². The summed E-state index contributed by atoms with van der Waals surface area (Å²) in [5.74, 6) is 0.898. The first-order valence-electron chi connectivity index (χ1n) is 13.0. The van der Waals surface area contributed by atoms with Crippen LogP contribution in [0.5, 0.6) is 5.75 Å². The van der Waals surface area contributed by atoms with Gasteiger partial charge in [0.05, 0.1) is 5.39 Å². The average molecular weight is 522 g/mol. The van der Waals surface area contributed by atoms with Gasteiger partial charge in [-0.25, -0.2) is 14.4 Å². The summed E-state index contributed by atoms with van der Waals surface area (Å²) in [6.07, 6.45) is 3.77. The molecule has 0 unspecified atom stereocenters. The van der Waals surface area contributed by atoms with Gasteiger partial charge in [-0.05, 0) is 48.4 Å². The van der Waals surface area contributed by atoms with E-state index < -0.39 is 0 Å². The van der Waals surface area contributed by atoms with Crippen molar-refractivity contribution in [3.63, 3.8) is 0 Å². The number of anilines is 1. The Morgan fingerprint density at radius 3 is 2.36 bits per heavy atom. The molecule has 196 valence electrons. The van der Waals surface area contributed by atoms with Crippen LogP contribution in [-0.4, -0.2) is 58.1 Å². The van der Waals surface area contributed by atoms with E-state index in [0.29, 0.717) is 31.9 Å². The number of hydrogen-bond acceptors (Lipinski definition) is 5. The maximum absolute atomic E-state index is 13.1. The zero-order valence-corrected chi connectivity index (χ0v) is 21.6. The van der Waals surface area contributed by atoms with Crippen molar-refractivity contribution in [1.82, 2.24) is 19.4 Å². The van der Waals surface area contributed by atoms with Gasteiger partial charge in [0, 0.05) is 43.6 Å². The molecule has 0 spiro atoms. The lowest BCUT2D eigenvalue weighted by atomic mass is 10.1. The summed E-state index contributed by atoms with van der Waals surface area (Å²) in [4.78, 5) is 26.3. The summed E-state index contributed by atoms with van der Waals surface area (Å²) in [5, 5.41) is 0.992. The summed E-state index contributed by atoms with van der Waals surface area (Å²) in [7, 11) is 0. The van der Waals surface area contributed by atoms with Crippen LogP contribution in [0.3, 0.4) is 0 Å². The number of nitrogens with zero attached hydrogens (tertiary/aromatic N) is 5. The number of carbonyl (C=O) groups is 1. The van der Waals surface area contributed by atoms with Gasteiger partial charge in [0.2, 0.25) is 0 Å². The minimum absolute atomic E-state index is 0.0825. The molecule has 8 heteroatoms. The van der Waals surface area contributed by atoms with E-state index in [0.717, 1.165) is 39.2 Å². The first-order chi connectivity index (χ1) is 19.1. The van der Waals surface area contributed by atoms with Crippen molar-refractivity contribution in [2.24, 2.45) is 0 Å². The second-order valence-electron chi connectivity index (χ2n) is 9.57. The molecule has 3 aromatic carbocycles. The largest absolute Gasteiger partial charge is 0.484 e. The smallest absolute Gasteiger partial charge is 0.260 e. The third-order valence-corrected chi connectivity index (χ3v) is 7.13. The first-order valence-corrected chi connectivity index (χ1v) is 13.0. The summed E-state index contributed by atoms with van der Waals surface area (Å²) in [6, 6.07) is 24.2. The topological polar surface area (TPSA) is 63.5 Å². The van der Waals surface area contributed by atoms with Crippen LogP contribution >= 0.6 is 0 Å². The Balaban J connectivity index is 1.27. The van der Waals surface area contributed by atoms with E-state index >= 15 is 0 Å². The van der Waals surface area contributed by atoms with Gasteiger partial charge in [0.1, 0.15) is 23.7 Å². The van der Waals surface area contributed by atoms with Crippen LogP contribution in [0, 0.1) is 12.7 Å². The van der Waals surface area contributed by atoms with Crippen molar-refractivity contribution in [3.8, 4) is 22.6 Å². The zero-order chi connectivity index (χ0) is 26.8. The van der Waals surface area contributed by atoms with Gasteiger partial charge in [-0.2, -0.15) is 0 Å². The van der Waals surface area contributed by atoms with Crippen molar-refractivity contribution >= 4 is 22.8 Å². The van der Waals surface area contributed by atoms with Crippen LogP contribution in [0.15, 0.2) is 91.4 Å². The molecule has 3 heterocycles. The zero-order valence-electron chi connectivity index (χ0n) is 21.6. The molecule has 7 nitrogen and oxygen atoms in total. The average Bonchev–Trinajstić information content (AvgIpc) is 3.37. The SMILES string of the molecule is Cc1ccccc1-n1cc(-c2ccccc2)c2c(N3CCN(C(=O)COc4ccc(F)cc4)CC3)ncnc21. The number of rotatable bonds is 6. The van der Waals surface area contributed by atoms with E-state index in [-0.39, 0.29) is 18.3 Å². The number of benzene rings is 3. The number of ether oxygens (including phenoxy) is 1. The molecule has 0 bridgehead atoms. The summed E-state index contributed by atoms with van der Waals surface area (Å²) >= 11 is 0. The fourth-order valence-corrected chi connectivity index (χ4v) is 5.07. The monoisotopic (exact) mass is 521 g/mol. The number of aryl methyl sites for hydroxylation is 1. The number of amides is 1. The highest BCUT2D eigenvalue weighted by Crippen LogP contribution is 2.37. The minimum atomic E-state index is -0.340. The lowest BCUT2D eigenvalue weighted by molar-refractivity contribution is -0.133. The fraction of sp³-hybridized carbons (Fsp3) is 0.194. The van der Waals surface area contributed by atoms with Crippen LogP contribution in [-0.2, 0) is 4.79 Å². The maximum atomic E-state index is 13.1. The lowest BCUT2D eigenvalue weighted by Crippen LogP contribution is -2.50. The van der Waals surface area contributed by atoms with Crippen molar-refractivity contribution < 1.29 is 13.9 Å². The standard InChI is InChI=1S/C31H28FN5O2/c1-22-7-5-6-10-27(22)37-19-26(23-8-3-2-4-9-23)29-30(33-21-34-31(29)37)36-17-15-35(16-18-36)28(38)20-39-25-13-11-24(32)12-14-25/h2-14,19,21H,15-18,20H2,1H3. The molecular formula is C31H28FN5O2. The number of piperazine rings is 1. The molecule has 39 heavy (non-hydrogen) atoms. The third-order valence-electron chi connectivity index (χ3n) is 7.13. The quantitative estimate of drug-likeness (QED) is 0.305. The Labute approximate surface area is 226 Å². The molecule has 1 aliphatic heterocycles. The van der Waals surface area contributed by atoms with Gasteiger partial charge in [-0.1, -0.05) is 48.5 Å². The van der Waals surface area contributed by atoms with Crippen molar-refractivity contribution in [2.75, 3.05) is 37.7 Å². The maximum Gasteiger partial charge on any atom is 0.260 e. The molecular weight excluding hydrogens is 493 g/mol. The van der Waals surface area contributed by atoms with E-state index in [2.05, 4.69) is 46.9 Å². The van der Waals surface area contributed by atoms with Crippen molar-refractivity contribution in [1.29, 1.82) is 0 Å². The molecule has 1 saturated heterocycles. The second kappa shape index (κ2) is 10.6. The van der Waals surface area contributed by atoms with Gasteiger partial charge in [0.15, 0.2) is 12.3 Å². The van der Waals surface area contributed by atoms with Crippen LogP contribution in [0.2, 0.25) is 0 Å². The van der Waals surface area contributed by atoms with E-state index in [9.17, 15) is 9.18 Å². The van der Waals surface area contributed by atoms with E-state index in [1.165, 1.54) is 24.3 Å². The number of aromatic nitrogens is 3. The molecule has 5 aromatic rings. The lowest BCUT2D eigenvalue weighted by Gasteiger charge is -2.35. The molecule has 0 radical (unpaired) electrons. The molecule has 0 saturated carbocycles. The van der Waals surface area contributed by atoms with E-state index in [1.54, 1.807) is 11.2 Å². The predicted molar refractivity (Wildman–Crippen MR) is 150 cm³/mol. The Bertz CT molecular complexity index is 1610. The Hall–Kier alpha value is -4.72. The third kappa shape index (κ3) is 4.93. The number of fused-ring (bicyclic) bond motifs is 1. The molecule has 0 N–H and O–H groups in total. The molecule has 1 amide bonds. The molecule has 0 atom stereocenters. The van der Waals surface area contributed by atoms with Crippen molar-refractivity contribution in [3.05, 3.63) is 103 Å². The van der Waals surface area contributed by atoms with Gasteiger partial charge in [-0.15, -0.1) is 0 Å². The van der Waals surface area contributed by atoms with E-state index in [1.807, 2.05) is 30.3 Å². The van der Waals surface area contributed by atoms with E-state index in [4.69, 9.17) is 14.7 Å². The van der Waals surface area contributed by atoms with Crippen LogP contribution in [0.4, 0.5) is 10.2 Å². The minimum Gasteiger partial charge on any atom is -0.484 e. The Kier molecular flexibility index (Phi) is 6.67. The predicted octanol–water partition coefficient (Wildman–Crippen LogP) is 5.26. The molecule has 1 fully saturated rings. The Morgan fingerprint density at radius 2 is 1.62 bits per heavy atom. The highest BCUT2D eigenvalue weighted by molar-refractivity contribution is 6.02. The molecule has 6 rings (SSSR count). The first kappa shape index (κ1) is 24.6. The van der Waals surface area contributed by atoms with Crippen LogP contribution < -0.4 is 9.64 Å². The number of hydrogen-bond donors (Lipinski definition) is 0. The van der Waals surface area contributed by atoms with Gasteiger partial charge in [0.25, 0.3) is 5.91 Å². The Morgan fingerprint density at radius 1 is 0.897 bits per heavy atom. The van der Waals surface area contributed by atoms with Crippen LogP contribution in [0.1, 0.15) is 5.56 Å². The summed E-state index contributed by atoms with van der Waals surface area (Å²) < 4.78 is 20.8. The number of para-hydroxylation sites is 1. The summed E-state index contributed by atoms with van der Waals surface area (Å²) in [5.41, 5.74) is 5.24. The van der Waals surface area contributed by atoms with Crippen LogP contribution in [0.25, 0.3) is 27.8 Å². The highest BCUT2D eigenvalue weighted by atomic mass is 19.1. The number of halogens is 1. The highest BCUT2D eigenvalue weighted by Gasteiger charge is 2.26. The normalized spacial score (nSPS) is 13.6. The van der Waals surface area contributed by atoms with Gasteiger partial charge in [-0.3, -0.25) is 4.79 Å². The summed E-state index contributed by atoms with van der Waals surface area (Å²) in [6.45, 7) is 4.39. The molecule has 0 aliphatic carbocycles. The molecule has 1 aliphatic rings. The fourth-order valence-electron chi connectivity index (χ4n) is 5.07. The van der Waals surface area contributed by atoms with Gasteiger partial charge < -0.3 is 19.1 Å². The van der Waals surface area contributed by atoms with Crippen molar-refractivity contribution in [2.45, 2.75) is 6.92 Å².